The fourth-order valence-corrected chi connectivity index (χ4v) is 1.72. The molecule has 0 aliphatic carbocycles. The standard InChI is InChI=1S/C10H8FN3O4/c1-12-7-3-5(11)6(14(17)18)4-8(7)13(2)10(16)9(12)15/h3-4H,1-2H3. The minimum atomic E-state index is -1.05. The molecule has 0 fully saturated rings. The second-order valence-corrected chi connectivity index (χ2v) is 3.78. The summed E-state index contributed by atoms with van der Waals surface area (Å²) in [5, 5.41) is 10.6. The minimum Gasteiger partial charge on any atom is -0.305 e. The number of nitrogens with zero attached hydrogens (tertiary/aromatic N) is 3. The van der Waals surface area contributed by atoms with Gasteiger partial charge in [-0.2, -0.15) is 4.39 Å². The zero-order chi connectivity index (χ0) is 13.6. The molecule has 0 radical (unpaired) electrons. The van der Waals surface area contributed by atoms with Gasteiger partial charge in [0.05, 0.1) is 16.0 Å². The molecule has 2 rings (SSSR count). The molecule has 1 aromatic carbocycles. The SMILES string of the molecule is Cn1c(=O)c(=O)n(C)c2cc([N+](=O)[O-])c(F)cc21. The van der Waals surface area contributed by atoms with Crippen LogP contribution in [0.3, 0.4) is 0 Å². The summed E-state index contributed by atoms with van der Waals surface area (Å²) in [4.78, 5) is 32.8. The highest BCUT2D eigenvalue weighted by molar-refractivity contribution is 5.78. The van der Waals surface area contributed by atoms with Gasteiger partial charge in [0, 0.05) is 26.2 Å². The van der Waals surface area contributed by atoms with Gasteiger partial charge in [-0.1, -0.05) is 0 Å². The van der Waals surface area contributed by atoms with Crippen molar-refractivity contribution in [2.75, 3.05) is 0 Å². The fraction of sp³-hybridized carbons (Fsp3) is 0.200. The van der Waals surface area contributed by atoms with Crippen molar-refractivity contribution < 1.29 is 9.31 Å². The molecule has 0 N–H and O–H groups in total. The first-order chi connectivity index (χ1) is 8.34. The first-order valence-electron chi connectivity index (χ1n) is 4.88. The molecule has 0 bridgehead atoms. The number of fused-ring (bicyclic) bond motifs is 1. The van der Waals surface area contributed by atoms with E-state index in [0.29, 0.717) is 0 Å². The van der Waals surface area contributed by atoms with Crippen LogP contribution in [0.5, 0.6) is 0 Å². The van der Waals surface area contributed by atoms with Crippen LogP contribution < -0.4 is 11.1 Å². The van der Waals surface area contributed by atoms with Crippen LogP contribution in [0.4, 0.5) is 10.1 Å². The molecule has 2 aromatic rings. The van der Waals surface area contributed by atoms with Gasteiger partial charge >= 0.3 is 16.8 Å². The highest BCUT2D eigenvalue weighted by atomic mass is 19.1. The van der Waals surface area contributed by atoms with Crippen LogP contribution in [0.2, 0.25) is 0 Å². The molecule has 1 heterocycles. The van der Waals surface area contributed by atoms with E-state index >= 15 is 0 Å². The average molecular weight is 253 g/mol. The first-order valence-corrected chi connectivity index (χ1v) is 4.88. The number of halogens is 1. The Hall–Kier alpha value is -2.51. The van der Waals surface area contributed by atoms with Crippen molar-refractivity contribution >= 4 is 16.7 Å². The Morgan fingerprint density at radius 3 is 2.00 bits per heavy atom. The van der Waals surface area contributed by atoms with Crippen LogP contribution in [-0.2, 0) is 14.1 Å². The molecule has 7 nitrogen and oxygen atoms in total. The van der Waals surface area contributed by atoms with Gasteiger partial charge in [-0.05, 0) is 0 Å². The number of aromatic nitrogens is 2. The predicted molar refractivity (Wildman–Crippen MR) is 61.0 cm³/mol. The van der Waals surface area contributed by atoms with E-state index in [4.69, 9.17) is 0 Å². The smallest absolute Gasteiger partial charge is 0.305 e. The summed E-state index contributed by atoms with van der Waals surface area (Å²) in [7, 11) is 2.60. The van der Waals surface area contributed by atoms with Gasteiger partial charge in [0.25, 0.3) is 0 Å². The van der Waals surface area contributed by atoms with E-state index in [0.717, 1.165) is 21.3 Å². The van der Waals surface area contributed by atoms with Crippen LogP contribution in [0.1, 0.15) is 0 Å². The van der Waals surface area contributed by atoms with Gasteiger partial charge in [-0.15, -0.1) is 0 Å². The fourth-order valence-electron chi connectivity index (χ4n) is 1.72. The normalized spacial score (nSPS) is 10.8. The molecule has 18 heavy (non-hydrogen) atoms. The number of nitro groups is 1. The summed E-state index contributed by atoms with van der Waals surface area (Å²) in [5.74, 6) is -1.05. The summed E-state index contributed by atoms with van der Waals surface area (Å²) in [6.45, 7) is 0. The molecule has 1 aromatic heterocycles. The van der Waals surface area contributed by atoms with Gasteiger partial charge in [0.1, 0.15) is 0 Å². The third-order valence-electron chi connectivity index (χ3n) is 2.76. The third kappa shape index (κ3) is 1.50. The Balaban J connectivity index is 3.08. The second-order valence-electron chi connectivity index (χ2n) is 3.78. The van der Waals surface area contributed by atoms with E-state index in [1.54, 1.807) is 0 Å². The van der Waals surface area contributed by atoms with Crippen molar-refractivity contribution in [1.82, 2.24) is 9.13 Å². The summed E-state index contributed by atoms with van der Waals surface area (Å²) in [6.07, 6.45) is 0. The number of nitro benzene ring substituents is 1. The molecule has 0 saturated carbocycles. The largest absolute Gasteiger partial charge is 0.316 e. The predicted octanol–water partition coefficient (Wildman–Crippen LogP) is 0.284. The van der Waals surface area contributed by atoms with Gasteiger partial charge in [0.15, 0.2) is 0 Å². The number of hydrogen-bond donors (Lipinski definition) is 0. The molecular formula is C10H8FN3O4. The topological polar surface area (TPSA) is 87.1 Å². The van der Waals surface area contributed by atoms with Crippen LogP contribution >= 0.6 is 0 Å². The molecule has 0 atom stereocenters. The van der Waals surface area contributed by atoms with Crippen LogP contribution in [0.25, 0.3) is 11.0 Å². The Morgan fingerprint density at radius 1 is 1.11 bits per heavy atom. The minimum absolute atomic E-state index is 0.116. The lowest BCUT2D eigenvalue weighted by Crippen LogP contribution is -2.39. The lowest BCUT2D eigenvalue weighted by Gasteiger charge is -2.08. The van der Waals surface area contributed by atoms with E-state index in [9.17, 15) is 24.1 Å². The van der Waals surface area contributed by atoms with Crippen molar-refractivity contribution in [3.63, 3.8) is 0 Å². The molecule has 0 unspecified atom stereocenters. The monoisotopic (exact) mass is 253 g/mol. The van der Waals surface area contributed by atoms with Gasteiger partial charge in [0.2, 0.25) is 5.82 Å². The Bertz CT molecular complexity index is 790. The van der Waals surface area contributed by atoms with Crippen LogP contribution in [0.15, 0.2) is 21.7 Å². The van der Waals surface area contributed by atoms with Crippen molar-refractivity contribution in [2.45, 2.75) is 0 Å². The zero-order valence-electron chi connectivity index (χ0n) is 9.51. The maximum Gasteiger partial charge on any atom is 0.316 e. The van der Waals surface area contributed by atoms with Crippen LogP contribution in [-0.4, -0.2) is 14.1 Å². The Labute approximate surface area is 98.8 Å². The molecule has 0 spiro atoms. The van der Waals surface area contributed by atoms with Gasteiger partial charge in [-0.25, -0.2) is 0 Å². The lowest BCUT2D eigenvalue weighted by molar-refractivity contribution is -0.387. The summed E-state index contributed by atoms with van der Waals surface area (Å²) < 4.78 is 15.4. The molecule has 94 valence electrons. The Kier molecular flexibility index (Phi) is 2.50. The highest BCUT2D eigenvalue weighted by Crippen LogP contribution is 2.22. The maximum atomic E-state index is 13.5. The molecule has 0 aliphatic heterocycles. The third-order valence-corrected chi connectivity index (χ3v) is 2.76. The highest BCUT2D eigenvalue weighted by Gasteiger charge is 2.18. The number of aryl methyl sites for hydroxylation is 2. The lowest BCUT2D eigenvalue weighted by atomic mass is 10.2. The van der Waals surface area contributed by atoms with E-state index in [1.807, 2.05) is 0 Å². The summed E-state index contributed by atoms with van der Waals surface area (Å²) in [5.41, 5.74) is -2.15. The van der Waals surface area contributed by atoms with Crippen molar-refractivity contribution in [2.24, 2.45) is 14.1 Å². The number of hydrogen-bond acceptors (Lipinski definition) is 4. The van der Waals surface area contributed by atoms with E-state index in [-0.39, 0.29) is 11.0 Å². The Morgan fingerprint density at radius 2 is 1.56 bits per heavy atom. The van der Waals surface area contributed by atoms with Crippen molar-refractivity contribution in [1.29, 1.82) is 0 Å². The van der Waals surface area contributed by atoms with E-state index in [1.165, 1.54) is 14.1 Å². The quantitative estimate of drug-likeness (QED) is 0.415. The summed E-state index contributed by atoms with van der Waals surface area (Å²) >= 11 is 0. The van der Waals surface area contributed by atoms with Crippen molar-refractivity contribution in [3.8, 4) is 0 Å². The maximum absolute atomic E-state index is 13.5. The van der Waals surface area contributed by atoms with Crippen molar-refractivity contribution in [3.05, 3.63) is 48.8 Å². The average Bonchev–Trinajstić information content (AvgIpc) is 2.33. The number of benzene rings is 1. The van der Waals surface area contributed by atoms with E-state index in [2.05, 4.69) is 0 Å². The molecule has 0 amide bonds. The summed E-state index contributed by atoms with van der Waals surface area (Å²) in [6, 6.07) is 1.81. The zero-order valence-corrected chi connectivity index (χ0v) is 9.51. The molecule has 0 aliphatic rings. The number of rotatable bonds is 1. The first kappa shape index (κ1) is 12.0. The van der Waals surface area contributed by atoms with Crippen LogP contribution in [0, 0.1) is 15.9 Å². The molecule has 0 saturated heterocycles. The molecule has 8 heteroatoms. The van der Waals surface area contributed by atoms with Gasteiger partial charge in [-0.3, -0.25) is 19.7 Å². The van der Waals surface area contributed by atoms with Gasteiger partial charge < -0.3 is 9.13 Å². The second kappa shape index (κ2) is 3.76. The van der Waals surface area contributed by atoms with E-state index < -0.39 is 27.5 Å². The molecular weight excluding hydrogens is 245 g/mol.